The van der Waals surface area contributed by atoms with Crippen LogP contribution in [-0.2, 0) is 32.6 Å². The van der Waals surface area contributed by atoms with Gasteiger partial charge in [-0.1, -0.05) is 83.3 Å². The van der Waals surface area contributed by atoms with Crippen LogP contribution in [0.2, 0.25) is 15.1 Å². The first-order chi connectivity index (χ1) is 19.0. The molecule has 0 bridgehead atoms. The predicted octanol–water partition coefficient (Wildman–Crippen LogP) is 5.97. The van der Waals surface area contributed by atoms with Gasteiger partial charge in [0.05, 0.1) is 17.0 Å². The van der Waals surface area contributed by atoms with Crippen LogP contribution in [0.25, 0.3) is 0 Å². The summed E-state index contributed by atoms with van der Waals surface area (Å²) in [7, 11) is -3.72. The number of hydrogen-bond donors (Lipinski definition) is 1. The zero-order chi connectivity index (χ0) is 29.3. The van der Waals surface area contributed by atoms with E-state index in [9.17, 15) is 18.0 Å². The number of nitrogens with zero attached hydrogens (tertiary/aromatic N) is 2. The number of nitrogens with one attached hydrogen (secondary N) is 1. The molecule has 0 aromatic heterocycles. The molecule has 0 aliphatic carbocycles. The molecule has 3 aromatic rings. The van der Waals surface area contributed by atoms with Crippen LogP contribution < -0.4 is 9.62 Å². The Morgan fingerprint density at radius 2 is 1.60 bits per heavy atom. The second kappa shape index (κ2) is 14.7. The normalized spacial score (nSPS) is 12.0. The van der Waals surface area contributed by atoms with Crippen LogP contribution in [0.5, 0.6) is 0 Å². The van der Waals surface area contributed by atoms with Crippen LogP contribution in [0, 0.1) is 0 Å². The van der Waals surface area contributed by atoms with Crippen LogP contribution in [0.4, 0.5) is 5.69 Å². The van der Waals surface area contributed by atoms with Crippen LogP contribution in [0.3, 0.4) is 0 Å². The summed E-state index contributed by atoms with van der Waals surface area (Å²) in [6.45, 7) is 2.33. The molecule has 0 heterocycles. The maximum absolute atomic E-state index is 13.8. The van der Waals surface area contributed by atoms with Gasteiger partial charge in [-0.2, -0.15) is 0 Å². The predicted molar refractivity (Wildman–Crippen MR) is 163 cm³/mol. The summed E-state index contributed by atoms with van der Waals surface area (Å²) < 4.78 is 26.4. The zero-order valence-corrected chi connectivity index (χ0v) is 25.4. The van der Waals surface area contributed by atoms with E-state index >= 15 is 0 Å². The fraction of sp³-hybridized carbons (Fsp3) is 0.310. The average Bonchev–Trinajstić information content (AvgIpc) is 2.91. The van der Waals surface area contributed by atoms with Gasteiger partial charge in [-0.25, -0.2) is 8.42 Å². The smallest absolute Gasteiger partial charge is 0.243 e. The van der Waals surface area contributed by atoms with Gasteiger partial charge in [0.1, 0.15) is 6.04 Å². The molecule has 0 aliphatic rings. The highest BCUT2D eigenvalue weighted by Crippen LogP contribution is 2.31. The van der Waals surface area contributed by atoms with E-state index in [0.717, 1.165) is 16.1 Å². The minimum atomic E-state index is -3.72. The second-order valence-corrected chi connectivity index (χ2v) is 12.4. The van der Waals surface area contributed by atoms with Gasteiger partial charge >= 0.3 is 0 Å². The molecule has 7 nitrogen and oxygen atoms in total. The van der Waals surface area contributed by atoms with E-state index in [4.69, 9.17) is 34.8 Å². The quantitative estimate of drug-likeness (QED) is 0.254. The Labute approximate surface area is 251 Å². The summed E-state index contributed by atoms with van der Waals surface area (Å²) in [4.78, 5) is 28.6. The molecule has 3 aromatic carbocycles. The van der Waals surface area contributed by atoms with Crippen molar-refractivity contribution in [3.05, 3.63) is 99.0 Å². The van der Waals surface area contributed by atoms with Crippen molar-refractivity contribution in [2.75, 3.05) is 23.7 Å². The molecule has 2 amide bonds. The van der Waals surface area contributed by atoms with Crippen LogP contribution in [0.15, 0.2) is 72.8 Å². The van der Waals surface area contributed by atoms with E-state index in [-0.39, 0.29) is 48.5 Å². The Hall–Kier alpha value is -2.78. The van der Waals surface area contributed by atoms with Gasteiger partial charge in [0.2, 0.25) is 21.8 Å². The fourth-order valence-corrected chi connectivity index (χ4v) is 5.92. The summed E-state index contributed by atoms with van der Waals surface area (Å²) in [5, 5.41) is 3.89. The topological polar surface area (TPSA) is 86.8 Å². The first kappa shape index (κ1) is 31.7. The number of anilines is 1. The summed E-state index contributed by atoms with van der Waals surface area (Å²) in [5.41, 5.74) is 1.83. The molecular weight excluding hydrogens is 593 g/mol. The molecule has 0 radical (unpaired) electrons. The molecule has 40 heavy (non-hydrogen) atoms. The number of amides is 2. The molecule has 0 spiro atoms. The van der Waals surface area contributed by atoms with E-state index < -0.39 is 16.1 Å². The van der Waals surface area contributed by atoms with Gasteiger partial charge in [-0.05, 0) is 48.7 Å². The first-order valence-corrected chi connectivity index (χ1v) is 15.8. The lowest BCUT2D eigenvalue weighted by Crippen LogP contribution is -2.50. The summed E-state index contributed by atoms with van der Waals surface area (Å²) in [5.74, 6) is -0.590. The van der Waals surface area contributed by atoms with Crippen molar-refractivity contribution in [1.82, 2.24) is 10.2 Å². The van der Waals surface area contributed by atoms with Crippen molar-refractivity contribution in [3.63, 3.8) is 0 Å². The summed E-state index contributed by atoms with van der Waals surface area (Å²) in [6.07, 6.45) is 1.54. The lowest BCUT2D eigenvalue weighted by Gasteiger charge is -2.32. The largest absolute Gasteiger partial charge is 0.355 e. The van der Waals surface area contributed by atoms with Gasteiger partial charge in [0.15, 0.2) is 0 Å². The van der Waals surface area contributed by atoms with Crippen LogP contribution in [0.1, 0.15) is 30.9 Å². The lowest BCUT2D eigenvalue weighted by atomic mass is 10.0. The van der Waals surface area contributed by atoms with Crippen molar-refractivity contribution in [1.29, 1.82) is 0 Å². The number of hydrogen-bond acceptors (Lipinski definition) is 4. The molecule has 1 N–H and O–H groups in total. The number of halogens is 3. The fourth-order valence-electron chi connectivity index (χ4n) is 4.32. The SMILES string of the molecule is CCNC(=O)C(Cc1ccccc1)N(Cc1ccccc1Cl)C(=O)CCCN(c1cc(Cl)ccc1Cl)S(C)(=O)=O. The Balaban J connectivity index is 1.89. The Morgan fingerprint density at radius 1 is 0.925 bits per heavy atom. The highest BCUT2D eigenvalue weighted by atomic mass is 35.5. The first-order valence-electron chi connectivity index (χ1n) is 12.8. The van der Waals surface area contributed by atoms with Gasteiger partial charge in [-0.3, -0.25) is 13.9 Å². The number of benzene rings is 3. The van der Waals surface area contributed by atoms with Gasteiger partial charge in [-0.15, -0.1) is 0 Å². The van der Waals surface area contributed by atoms with Gasteiger partial charge in [0, 0.05) is 42.5 Å². The molecule has 0 fully saturated rings. The monoisotopic (exact) mass is 623 g/mol. The van der Waals surface area contributed by atoms with Gasteiger partial charge < -0.3 is 10.2 Å². The highest BCUT2D eigenvalue weighted by molar-refractivity contribution is 7.92. The third-order valence-corrected chi connectivity index (χ3v) is 8.35. The maximum atomic E-state index is 13.8. The zero-order valence-electron chi connectivity index (χ0n) is 22.3. The van der Waals surface area contributed by atoms with Crippen molar-refractivity contribution in [2.45, 2.75) is 38.8 Å². The second-order valence-electron chi connectivity index (χ2n) is 9.25. The maximum Gasteiger partial charge on any atom is 0.243 e. The molecule has 214 valence electrons. The number of likely N-dealkylation sites (N-methyl/N-ethyl adjacent to an activating group) is 1. The van der Waals surface area contributed by atoms with Gasteiger partial charge in [0.25, 0.3) is 0 Å². The van der Waals surface area contributed by atoms with Crippen LogP contribution >= 0.6 is 34.8 Å². The number of carbonyl (C=O) groups is 2. The van der Waals surface area contributed by atoms with E-state index in [1.165, 1.54) is 17.0 Å². The molecule has 0 saturated heterocycles. The Morgan fingerprint density at radius 3 is 2.25 bits per heavy atom. The van der Waals surface area contributed by atoms with Crippen molar-refractivity contribution < 1.29 is 18.0 Å². The highest BCUT2D eigenvalue weighted by Gasteiger charge is 2.31. The third kappa shape index (κ3) is 8.86. The molecular formula is C29H32Cl3N3O4S. The number of rotatable bonds is 13. The Kier molecular flexibility index (Phi) is 11.7. The molecule has 3 rings (SSSR count). The minimum absolute atomic E-state index is 0.00488. The molecule has 1 atom stereocenters. The molecule has 11 heteroatoms. The third-order valence-electron chi connectivity index (χ3n) is 6.25. The number of carbonyl (C=O) groups excluding carboxylic acids is 2. The van der Waals surface area contributed by atoms with E-state index in [0.29, 0.717) is 28.6 Å². The molecule has 0 saturated carbocycles. The van der Waals surface area contributed by atoms with E-state index in [2.05, 4.69) is 5.32 Å². The standard InChI is InChI=1S/C29H32Cl3N3O4S/c1-3-33-29(37)27(18-21-10-5-4-6-11-21)34(20-22-12-7-8-13-24(22)31)28(36)14-9-17-35(40(2,38)39)26-19-23(30)15-16-25(26)32/h4-8,10-13,15-16,19,27H,3,9,14,17-18,20H2,1-2H3,(H,33,37). The summed E-state index contributed by atoms with van der Waals surface area (Å²) in [6, 6.07) is 20.4. The van der Waals surface area contributed by atoms with Crippen molar-refractivity contribution in [2.24, 2.45) is 0 Å². The molecule has 1 unspecified atom stereocenters. The van der Waals surface area contributed by atoms with Crippen molar-refractivity contribution in [3.8, 4) is 0 Å². The minimum Gasteiger partial charge on any atom is -0.355 e. The van der Waals surface area contributed by atoms with Crippen LogP contribution in [-0.4, -0.2) is 50.5 Å². The molecule has 0 aliphatic heterocycles. The van der Waals surface area contributed by atoms with Crippen molar-refractivity contribution >= 4 is 62.3 Å². The van der Waals surface area contributed by atoms with E-state index in [1.807, 2.05) is 49.4 Å². The Bertz CT molecular complexity index is 1420. The average molecular weight is 625 g/mol. The number of sulfonamides is 1. The lowest BCUT2D eigenvalue weighted by molar-refractivity contribution is -0.141. The van der Waals surface area contributed by atoms with E-state index in [1.54, 1.807) is 18.2 Å². The summed E-state index contributed by atoms with van der Waals surface area (Å²) >= 11 is 18.8.